The van der Waals surface area contributed by atoms with E-state index in [1.807, 2.05) is 11.0 Å². The number of β-amino-alcohol motifs (C(OH)–C–C–N with tert-alkyl or cyclic N) is 1. The van der Waals surface area contributed by atoms with Crippen molar-refractivity contribution in [3.63, 3.8) is 0 Å². The summed E-state index contributed by atoms with van der Waals surface area (Å²) in [7, 11) is 0. The molecule has 2 fully saturated rings. The number of aliphatic hydroxyl groups excluding tert-OH is 1. The van der Waals surface area contributed by atoms with E-state index in [4.69, 9.17) is 4.84 Å². The van der Waals surface area contributed by atoms with E-state index in [1.165, 1.54) is 17.5 Å². The Morgan fingerprint density at radius 2 is 1.85 bits per heavy atom. The number of carbonyl (C=O) groups excluding carboxylic acids is 2. The number of likely N-dealkylation sites (tertiary alicyclic amines) is 1. The van der Waals surface area contributed by atoms with Gasteiger partial charge < -0.3 is 25.5 Å². The Bertz CT molecular complexity index is 1220. The van der Waals surface area contributed by atoms with Crippen molar-refractivity contribution in [2.75, 3.05) is 38.0 Å². The summed E-state index contributed by atoms with van der Waals surface area (Å²) in [5.41, 5.74) is 3.29. The van der Waals surface area contributed by atoms with Crippen molar-refractivity contribution in [2.24, 2.45) is 5.16 Å². The third-order valence-electron chi connectivity index (χ3n) is 8.16. The predicted molar refractivity (Wildman–Crippen MR) is 155 cm³/mol. The van der Waals surface area contributed by atoms with Crippen LogP contribution in [-0.2, 0) is 22.6 Å². The third-order valence-corrected chi connectivity index (χ3v) is 8.16. The fourth-order valence-corrected chi connectivity index (χ4v) is 5.79. The van der Waals surface area contributed by atoms with Crippen LogP contribution in [-0.4, -0.2) is 93.4 Å². The molecule has 1 atom stereocenters. The molecule has 1 saturated carbocycles. The first-order chi connectivity index (χ1) is 19.9. The third kappa shape index (κ3) is 8.01. The number of aromatic nitrogens is 2. The lowest BCUT2D eigenvalue weighted by Gasteiger charge is -2.32. The van der Waals surface area contributed by atoms with Gasteiger partial charge in [-0.15, -0.1) is 0 Å². The summed E-state index contributed by atoms with van der Waals surface area (Å²) >= 11 is 0. The zero-order valence-corrected chi connectivity index (χ0v) is 23.8. The summed E-state index contributed by atoms with van der Waals surface area (Å²) in [6.07, 6.45) is 7.61. The molecule has 41 heavy (non-hydrogen) atoms. The second-order valence-corrected chi connectivity index (χ2v) is 11.3. The molecule has 1 aromatic heterocycles. The van der Waals surface area contributed by atoms with E-state index in [0.29, 0.717) is 31.2 Å². The van der Waals surface area contributed by atoms with Crippen LogP contribution in [0.4, 0.5) is 5.82 Å². The molecule has 2 amide bonds. The highest BCUT2D eigenvalue weighted by Crippen LogP contribution is 2.22. The van der Waals surface area contributed by atoms with Gasteiger partial charge in [0.15, 0.2) is 0 Å². The largest absolute Gasteiger partial charge is 0.392 e. The van der Waals surface area contributed by atoms with Gasteiger partial charge in [-0.3, -0.25) is 14.5 Å². The van der Waals surface area contributed by atoms with Gasteiger partial charge in [-0.05, 0) is 63.0 Å². The highest BCUT2D eigenvalue weighted by Gasteiger charge is 2.26. The SMILES string of the molecule is CC(=NOC1CCCC1)C(=O)N1CCC(Nc2cc(C(=O)NC[C@H](O)CN3CCc4ccccc4C3)ncn2)CC1. The number of nitrogens with zero attached hydrogens (tertiary/aromatic N) is 5. The summed E-state index contributed by atoms with van der Waals surface area (Å²) in [4.78, 5) is 43.5. The zero-order valence-electron chi connectivity index (χ0n) is 23.8. The van der Waals surface area contributed by atoms with Crippen LogP contribution in [0.5, 0.6) is 0 Å². The number of amides is 2. The molecule has 0 radical (unpaired) electrons. The van der Waals surface area contributed by atoms with E-state index in [1.54, 1.807) is 13.0 Å². The van der Waals surface area contributed by atoms with E-state index < -0.39 is 6.10 Å². The van der Waals surface area contributed by atoms with Crippen LogP contribution >= 0.6 is 0 Å². The first kappa shape index (κ1) is 28.9. The van der Waals surface area contributed by atoms with Gasteiger partial charge in [0.2, 0.25) is 0 Å². The van der Waals surface area contributed by atoms with E-state index in [0.717, 1.165) is 58.0 Å². The molecule has 2 aliphatic heterocycles. The molecule has 11 nitrogen and oxygen atoms in total. The lowest BCUT2D eigenvalue weighted by atomic mass is 10.00. The van der Waals surface area contributed by atoms with Gasteiger partial charge >= 0.3 is 0 Å². The summed E-state index contributed by atoms with van der Waals surface area (Å²) in [6, 6.07) is 10.1. The van der Waals surface area contributed by atoms with E-state index in [2.05, 4.69) is 48.9 Å². The van der Waals surface area contributed by atoms with Crippen molar-refractivity contribution in [1.29, 1.82) is 0 Å². The van der Waals surface area contributed by atoms with E-state index in [-0.39, 0.29) is 36.2 Å². The minimum absolute atomic E-state index is 0.0882. The molecule has 3 heterocycles. The number of rotatable bonds is 10. The van der Waals surface area contributed by atoms with Gasteiger partial charge in [0, 0.05) is 51.4 Å². The summed E-state index contributed by atoms with van der Waals surface area (Å²) < 4.78 is 0. The first-order valence-corrected chi connectivity index (χ1v) is 14.8. The molecule has 2 aromatic rings. The van der Waals surface area contributed by atoms with Crippen molar-refractivity contribution in [2.45, 2.75) is 76.7 Å². The van der Waals surface area contributed by atoms with Crippen LogP contribution in [0.25, 0.3) is 0 Å². The number of fused-ring (bicyclic) bond motifs is 1. The van der Waals surface area contributed by atoms with Gasteiger partial charge in [-0.1, -0.05) is 29.4 Å². The molecular weight excluding hydrogens is 522 g/mol. The number of oxime groups is 1. The number of hydrogen-bond acceptors (Lipinski definition) is 9. The van der Waals surface area contributed by atoms with Crippen LogP contribution in [0.3, 0.4) is 0 Å². The normalized spacial score (nSPS) is 19.5. The van der Waals surface area contributed by atoms with Crippen LogP contribution < -0.4 is 10.6 Å². The lowest BCUT2D eigenvalue weighted by molar-refractivity contribution is -0.125. The number of aliphatic hydroxyl groups is 1. The summed E-state index contributed by atoms with van der Waals surface area (Å²) in [5, 5.41) is 20.8. The Kier molecular flexibility index (Phi) is 9.79. The van der Waals surface area contributed by atoms with E-state index in [9.17, 15) is 14.7 Å². The van der Waals surface area contributed by atoms with Crippen molar-refractivity contribution in [1.82, 2.24) is 25.1 Å². The minimum Gasteiger partial charge on any atom is -0.392 e. The first-order valence-electron chi connectivity index (χ1n) is 14.8. The topological polar surface area (TPSA) is 132 Å². The molecule has 0 spiro atoms. The number of benzene rings is 1. The van der Waals surface area contributed by atoms with Crippen molar-refractivity contribution < 1.29 is 19.5 Å². The number of hydrogen-bond donors (Lipinski definition) is 3. The maximum atomic E-state index is 12.8. The van der Waals surface area contributed by atoms with Gasteiger partial charge in [-0.25, -0.2) is 9.97 Å². The van der Waals surface area contributed by atoms with Crippen LogP contribution in [0.15, 0.2) is 41.8 Å². The average molecular weight is 564 g/mol. The molecule has 5 rings (SSSR count). The van der Waals surface area contributed by atoms with Crippen LogP contribution in [0.1, 0.15) is 67.1 Å². The maximum absolute atomic E-state index is 12.8. The molecule has 1 saturated heterocycles. The quantitative estimate of drug-likeness (QED) is 0.297. The lowest BCUT2D eigenvalue weighted by Crippen LogP contribution is -2.44. The molecule has 1 aromatic carbocycles. The number of nitrogens with one attached hydrogen (secondary N) is 2. The Balaban J connectivity index is 1.04. The molecule has 0 bridgehead atoms. The van der Waals surface area contributed by atoms with Crippen molar-refractivity contribution >= 4 is 23.3 Å². The number of piperidine rings is 1. The monoisotopic (exact) mass is 563 g/mol. The fraction of sp³-hybridized carbons (Fsp3) is 0.567. The Morgan fingerprint density at radius 3 is 2.63 bits per heavy atom. The Labute approximate surface area is 241 Å². The van der Waals surface area contributed by atoms with Crippen molar-refractivity contribution in [3.8, 4) is 0 Å². The predicted octanol–water partition coefficient (Wildman–Crippen LogP) is 2.36. The summed E-state index contributed by atoms with van der Waals surface area (Å²) in [6.45, 7) is 5.24. The molecule has 220 valence electrons. The second kappa shape index (κ2) is 13.9. The van der Waals surface area contributed by atoms with Crippen LogP contribution in [0, 0.1) is 0 Å². The Morgan fingerprint density at radius 1 is 1.10 bits per heavy atom. The summed E-state index contributed by atoms with van der Waals surface area (Å²) in [5.74, 6) is 0.119. The highest BCUT2D eigenvalue weighted by molar-refractivity contribution is 6.37. The molecule has 0 unspecified atom stereocenters. The average Bonchev–Trinajstić information content (AvgIpc) is 3.53. The van der Waals surface area contributed by atoms with Crippen molar-refractivity contribution in [3.05, 3.63) is 53.5 Å². The maximum Gasteiger partial charge on any atom is 0.271 e. The number of carbonyl (C=O) groups is 2. The number of anilines is 1. The molecule has 11 heteroatoms. The second-order valence-electron chi connectivity index (χ2n) is 11.3. The smallest absolute Gasteiger partial charge is 0.271 e. The standard InChI is InChI=1S/C30H41N7O4/c1-21(35-41-26-8-4-5-9-26)30(40)37-14-11-24(12-15-37)34-28-16-27(32-20-33-28)29(39)31-17-25(38)19-36-13-10-22-6-2-3-7-23(22)18-36/h2-3,6-7,16,20,24-26,38H,4-5,8-15,17-19H2,1H3,(H,31,39)(H,32,33,34)/t25-/m0/s1. The molecule has 3 aliphatic rings. The molecule has 1 aliphatic carbocycles. The van der Waals surface area contributed by atoms with Crippen LogP contribution in [0.2, 0.25) is 0 Å². The Hall–Kier alpha value is -3.57. The molecular formula is C30H41N7O4. The highest BCUT2D eigenvalue weighted by atomic mass is 16.6. The van der Waals surface area contributed by atoms with Gasteiger partial charge in [0.25, 0.3) is 11.8 Å². The van der Waals surface area contributed by atoms with Gasteiger partial charge in [0.1, 0.15) is 29.7 Å². The van der Waals surface area contributed by atoms with Gasteiger partial charge in [0.05, 0.1) is 6.10 Å². The molecule has 3 N–H and O–H groups in total. The van der Waals surface area contributed by atoms with E-state index >= 15 is 0 Å². The minimum atomic E-state index is -0.681. The van der Waals surface area contributed by atoms with Gasteiger partial charge in [-0.2, -0.15) is 0 Å². The zero-order chi connectivity index (χ0) is 28.6. The fourth-order valence-electron chi connectivity index (χ4n) is 5.79.